The highest BCUT2D eigenvalue weighted by Crippen LogP contribution is 2.21. The molecule has 0 amide bonds. The van der Waals surface area contributed by atoms with Gasteiger partial charge in [0.15, 0.2) is 0 Å². The molecule has 0 spiro atoms. The monoisotopic (exact) mass is 249 g/mol. The van der Waals surface area contributed by atoms with Crippen molar-refractivity contribution in [1.29, 1.82) is 0 Å². The molecule has 0 fully saturated rings. The minimum atomic E-state index is 0.0440. The van der Waals surface area contributed by atoms with Crippen molar-refractivity contribution in [3.8, 4) is 11.1 Å². The molecule has 19 heavy (non-hydrogen) atoms. The Bertz CT molecular complexity index is 801. The van der Waals surface area contributed by atoms with Crippen LogP contribution in [-0.2, 0) is 7.05 Å². The molecule has 0 bridgehead atoms. The van der Waals surface area contributed by atoms with Gasteiger partial charge in [0.25, 0.3) is 5.56 Å². The fourth-order valence-electron chi connectivity index (χ4n) is 2.43. The lowest BCUT2D eigenvalue weighted by molar-refractivity contribution is 0.908. The zero-order chi connectivity index (χ0) is 13.4. The lowest BCUT2D eigenvalue weighted by Gasteiger charge is -2.09. The smallest absolute Gasteiger partial charge is 0.258 e. The summed E-state index contributed by atoms with van der Waals surface area (Å²) in [7, 11) is 1.83. The molecular formula is C17H15NO. The zero-order valence-corrected chi connectivity index (χ0v) is 11.1. The molecule has 0 radical (unpaired) electrons. The Balaban J connectivity index is 2.38. The first-order valence-corrected chi connectivity index (χ1v) is 6.32. The molecule has 0 saturated heterocycles. The van der Waals surface area contributed by atoms with Crippen molar-refractivity contribution >= 4 is 10.9 Å². The molecule has 2 nitrogen and oxygen atoms in total. The second-order valence-electron chi connectivity index (χ2n) is 4.85. The van der Waals surface area contributed by atoms with E-state index in [-0.39, 0.29) is 5.56 Å². The minimum Gasteiger partial charge on any atom is -0.311 e. The van der Waals surface area contributed by atoms with E-state index in [1.807, 2.05) is 55.6 Å². The van der Waals surface area contributed by atoms with Gasteiger partial charge in [-0.1, -0.05) is 42.0 Å². The second-order valence-corrected chi connectivity index (χ2v) is 4.85. The van der Waals surface area contributed by atoms with Crippen molar-refractivity contribution in [2.24, 2.45) is 7.05 Å². The molecule has 0 N–H and O–H groups in total. The van der Waals surface area contributed by atoms with Crippen LogP contribution in [0.5, 0.6) is 0 Å². The van der Waals surface area contributed by atoms with Gasteiger partial charge >= 0.3 is 0 Å². The summed E-state index contributed by atoms with van der Waals surface area (Å²) in [6.07, 6.45) is 0. The Labute approximate surface area is 111 Å². The van der Waals surface area contributed by atoms with E-state index in [2.05, 4.69) is 13.0 Å². The molecule has 3 rings (SSSR count). The lowest BCUT2D eigenvalue weighted by Crippen LogP contribution is -2.18. The Morgan fingerprint density at radius 2 is 1.68 bits per heavy atom. The number of fused-ring (bicyclic) bond motifs is 1. The first kappa shape index (κ1) is 11.7. The van der Waals surface area contributed by atoms with Crippen LogP contribution in [0.2, 0.25) is 0 Å². The number of benzene rings is 2. The average Bonchev–Trinajstić information content (AvgIpc) is 2.43. The quantitative estimate of drug-likeness (QED) is 0.647. The predicted octanol–water partition coefficient (Wildman–Crippen LogP) is 3.51. The van der Waals surface area contributed by atoms with E-state index in [0.717, 1.165) is 22.0 Å². The van der Waals surface area contributed by atoms with E-state index in [1.165, 1.54) is 5.56 Å². The van der Waals surface area contributed by atoms with Crippen LogP contribution in [0.1, 0.15) is 5.56 Å². The molecule has 3 aromatic rings. The molecule has 0 saturated carbocycles. The Kier molecular flexibility index (Phi) is 2.71. The summed E-state index contributed by atoms with van der Waals surface area (Å²) in [6, 6.07) is 17.9. The fourth-order valence-corrected chi connectivity index (χ4v) is 2.43. The number of hydrogen-bond acceptors (Lipinski definition) is 1. The molecule has 2 heteroatoms. The summed E-state index contributed by atoms with van der Waals surface area (Å²) in [5.74, 6) is 0. The van der Waals surface area contributed by atoms with Crippen LogP contribution in [0, 0.1) is 6.92 Å². The maximum absolute atomic E-state index is 12.4. The summed E-state index contributed by atoms with van der Waals surface area (Å²) < 4.78 is 1.72. The van der Waals surface area contributed by atoms with Gasteiger partial charge in [-0.05, 0) is 36.1 Å². The minimum absolute atomic E-state index is 0.0440. The normalized spacial score (nSPS) is 10.8. The second kappa shape index (κ2) is 4.39. The largest absolute Gasteiger partial charge is 0.311 e. The zero-order valence-electron chi connectivity index (χ0n) is 11.1. The van der Waals surface area contributed by atoms with Crippen molar-refractivity contribution in [2.75, 3.05) is 0 Å². The SMILES string of the molecule is Cc1ccc2c(c1)cc(-c1ccccc1)c(=O)n2C. The first-order valence-electron chi connectivity index (χ1n) is 6.32. The summed E-state index contributed by atoms with van der Waals surface area (Å²) in [5, 5.41) is 1.10. The van der Waals surface area contributed by atoms with Crippen LogP contribution in [0.3, 0.4) is 0 Å². The van der Waals surface area contributed by atoms with E-state index in [1.54, 1.807) is 4.57 Å². The third-order valence-corrected chi connectivity index (χ3v) is 3.46. The van der Waals surface area contributed by atoms with Crippen LogP contribution in [-0.4, -0.2) is 4.57 Å². The van der Waals surface area contributed by atoms with Crippen molar-refractivity contribution in [2.45, 2.75) is 6.92 Å². The highest BCUT2D eigenvalue weighted by Gasteiger charge is 2.08. The Morgan fingerprint density at radius 1 is 0.947 bits per heavy atom. The van der Waals surface area contributed by atoms with Crippen molar-refractivity contribution < 1.29 is 0 Å². The summed E-state index contributed by atoms with van der Waals surface area (Å²) >= 11 is 0. The van der Waals surface area contributed by atoms with Gasteiger partial charge in [0.2, 0.25) is 0 Å². The molecular weight excluding hydrogens is 234 g/mol. The topological polar surface area (TPSA) is 22.0 Å². The molecule has 2 aromatic carbocycles. The average molecular weight is 249 g/mol. The Morgan fingerprint density at radius 3 is 2.42 bits per heavy atom. The number of nitrogens with zero attached hydrogens (tertiary/aromatic N) is 1. The molecule has 94 valence electrons. The summed E-state index contributed by atoms with van der Waals surface area (Å²) in [6.45, 7) is 2.06. The fraction of sp³-hybridized carbons (Fsp3) is 0.118. The number of aromatic nitrogens is 1. The highest BCUT2D eigenvalue weighted by atomic mass is 16.1. The standard InChI is InChI=1S/C17H15NO/c1-12-8-9-16-14(10-12)11-15(17(19)18(16)2)13-6-4-3-5-7-13/h3-11H,1-2H3. The van der Waals surface area contributed by atoms with Gasteiger partial charge in [-0.25, -0.2) is 0 Å². The van der Waals surface area contributed by atoms with Crippen LogP contribution >= 0.6 is 0 Å². The number of rotatable bonds is 1. The number of aryl methyl sites for hydroxylation is 2. The number of hydrogen-bond donors (Lipinski definition) is 0. The molecule has 0 aliphatic carbocycles. The molecule has 1 aromatic heterocycles. The highest BCUT2D eigenvalue weighted by molar-refractivity contribution is 5.84. The van der Waals surface area contributed by atoms with Crippen LogP contribution in [0.4, 0.5) is 0 Å². The van der Waals surface area contributed by atoms with Gasteiger partial charge < -0.3 is 4.57 Å². The van der Waals surface area contributed by atoms with Crippen molar-refractivity contribution in [3.05, 3.63) is 70.5 Å². The maximum Gasteiger partial charge on any atom is 0.258 e. The first-order chi connectivity index (χ1) is 9.16. The van der Waals surface area contributed by atoms with Gasteiger partial charge in [0, 0.05) is 12.6 Å². The third kappa shape index (κ3) is 1.95. The van der Waals surface area contributed by atoms with Gasteiger partial charge in [-0.15, -0.1) is 0 Å². The van der Waals surface area contributed by atoms with Crippen LogP contribution in [0.25, 0.3) is 22.0 Å². The molecule has 0 aliphatic heterocycles. The summed E-state index contributed by atoms with van der Waals surface area (Å²) in [4.78, 5) is 12.4. The Hall–Kier alpha value is -2.35. The van der Waals surface area contributed by atoms with Crippen LogP contribution < -0.4 is 5.56 Å². The number of pyridine rings is 1. The van der Waals surface area contributed by atoms with Crippen LogP contribution in [0.15, 0.2) is 59.4 Å². The van der Waals surface area contributed by atoms with E-state index >= 15 is 0 Å². The molecule has 0 unspecified atom stereocenters. The van der Waals surface area contributed by atoms with Gasteiger partial charge in [-0.2, -0.15) is 0 Å². The van der Waals surface area contributed by atoms with E-state index in [0.29, 0.717) is 0 Å². The van der Waals surface area contributed by atoms with Crippen molar-refractivity contribution in [1.82, 2.24) is 4.57 Å². The maximum atomic E-state index is 12.4. The van der Waals surface area contributed by atoms with Gasteiger partial charge in [-0.3, -0.25) is 4.79 Å². The lowest BCUT2D eigenvalue weighted by atomic mass is 10.0. The summed E-state index contributed by atoms with van der Waals surface area (Å²) in [5.41, 5.74) is 3.93. The van der Waals surface area contributed by atoms with E-state index in [4.69, 9.17) is 0 Å². The molecule has 0 atom stereocenters. The van der Waals surface area contributed by atoms with E-state index in [9.17, 15) is 4.79 Å². The molecule has 1 heterocycles. The molecule has 0 aliphatic rings. The van der Waals surface area contributed by atoms with E-state index < -0.39 is 0 Å². The predicted molar refractivity (Wildman–Crippen MR) is 79.4 cm³/mol. The third-order valence-electron chi connectivity index (χ3n) is 3.46. The van der Waals surface area contributed by atoms with Gasteiger partial charge in [0.1, 0.15) is 0 Å². The van der Waals surface area contributed by atoms with Crippen molar-refractivity contribution in [3.63, 3.8) is 0 Å². The van der Waals surface area contributed by atoms with Gasteiger partial charge in [0.05, 0.1) is 5.52 Å².